The molecule has 0 saturated carbocycles. The van der Waals surface area contributed by atoms with Crippen molar-refractivity contribution in [3.63, 3.8) is 0 Å². The van der Waals surface area contributed by atoms with Gasteiger partial charge in [-0.3, -0.25) is 19.1 Å². The van der Waals surface area contributed by atoms with Crippen LogP contribution in [0.1, 0.15) is 37.9 Å². The molecule has 234 valence electrons. The maximum absolute atomic E-state index is 16.5. The van der Waals surface area contributed by atoms with Crippen LogP contribution in [0.15, 0.2) is 72.2 Å². The number of halogens is 2. The van der Waals surface area contributed by atoms with E-state index in [1.54, 1.807) is 23.2 Å². The third kappa shape index (κ3) is 4.55. The number of fused-ring (bicyclic) bond motifs is 6. The molecule has 46 heavy (non-hydrogen) atoms. The highest BCUT2D eigenvalue weighted by Crippen LogP contribution is 2.43. The van der Waals surface area contributed by atoms with Gasteiger partial charge >= 0.3 is 5.56 Å². The van der Waals surface area contributed by atoms with Gasteiger partial charge in [-0.25, -0.2) is 9.37 Å². The average molecular weight is 638 g/mol. The SMILES string of the molecule is C=CC(=O)N1CC2COc3c(c4cc(F)c(-c5cccc6cccc(Cl)c56)nc4n(-c4c(C)ccnc4C(C)C)c3=O)N2CC1C. The number of nitrogens with zero attached hydrogens (tertiary/aromatic N) is 5. The number of pyridine rings is 3. The van der Waals surface area contributed by atoms with Gasteiger partial charge in [0, 0.05) is 46.7 Å². The molecule has 5 heterocycles. The van der Waals surface area contributed by atoms with Gasteiger partial charge in [-0.2, -0.15) is 0 Å². The second kappa shape index (κ2) is 11.2. The van der Waals surface area contributed by atoms with Gasteiger partial charge in [-0.05, 0) is 55.0 Å². The summed E-state index contributed by atoms with van der Waals surface area (Å²) in [4.78, 5) is 40.8. The van der Waals surface area contributed by atoms with Crippen molar-refractivity contribution in [2.24, 2.45) is 0 Å². The topological polar surface area (TPSA) is 80.6 Å². The van der Waals surface area contributed by atoms with E-state index in [1.165, 1.54) is 16.7 Å². The number of piperazine rings is 1. The highest BCUT2D eigenvalue weighted by atomic mass is 35.5. The van der Waals surface area contributed by atoms with Crippen LogP contribution in [-0.2, 0) is 4.79 Å². The molecule has 8 nitrogen and oxygen atoms in total. The number of rotatable bonds is 4. The van der Waals surface area contributed by atoms with E-state index >= 15 is 4.39 Å². The largest absolute Gasteiger partial charge is 0.484 e. The summed E-state index contributed by atoms with van der Waals surface area (Å²) in [6.45, 7) is 12.5. The van der Waals surface area contributed by atoms with Crippen molar-refractivity contribution in [1.29, 1.82) is 0 Å². The van der Waals surface area contributed by atoms with Crippen LogP contribution in [0.3, 0.4) is 0 Å². The minimum atomic E-state index is -0.560. The molecule has 0 N–H and O–H groups in total. The van der Waals surface area contributed by atoms with E-state index in [0.717, 1.165) is 10.9 Å². The Kier molecular flexibility index (Phi) is 7.31. The van der Waals surface area contributed by atoms with Crippen molar-refractivity contribution in [3.05, 3.63) is 99.8 Å². The lowest BCUT2D eigenvalue weighted by Gasteiger charge is -2.48. The number of hydrogen-bond donors (Lipinski definition) is 0. The van der Waals surface area contributed by atoms with Crippen molar-refractivity contribution in [2.45, 2.75) is 45.7 Å². The molecule has 10 heteroatoms. The van der Waals surface area contributed by atoms with Gasteiger partial charge in [0.1, 0.15) is 18.1 Å². The van der Waals surface area contributed by atoms with E-state index in [1.807, 2.05) is 58.0 Å². The van der Waals surface area contributed by atoms with E-state index in [-0.39, 0.29) is 47.6 Å². The number of benzene rings is 2. The Morgan fingerprint density at radius 1 is 1.15 bits per heavy atom. The van der Waals surface area contributed by atoms with Crippen LogP contribution in [0.4, 0.5) is 10.1 Å². The Morgan fingerprint density at radius 2 is 1.91 bits per heavy atom. The third-order valence-corrected chi connectivity index (χ3v) is 9.39. The molecule has 1 saturated heterocycles. The Labute approximate surface area is 270 Å². The summed E-state index contributed by atoms with van der Waals surface area (Å²) in [7, 11) is 0. The average Bonchev–Trinajstić information content (AvgIpc) is 3.04. The van der Waals surface area contributed by atoms with Crippen molar-refractivity contribution >= 4 is 45.0 Å². The molecule has 2 aliphatic rings. The van der Waals surface area contributed by atoms with Crippen LogP contribution in [-0.4, -0.2) is 57.1 Å². The highest BCUT2D eigenvalue weighted by Gasteiger charge is 2.41. The summed E-state index contributed by atoms with van der Waals surface area (Å²) in [5.41, 5.74) is 3.08. The summed E-state index contributed by atoms with van der Waals surface area (Å²) in [6.07, 6.45) is 3.03. The highest BCUT2D eigenvalue weighted by molar-refractivity contribution is 6.36. The molecule has 2 unspecified atom stereocenters. The van der Waals surface area contributed by atoms with Crippen LogP contribution >= 0.6 is 11.6 Å². The van der Waals surface area contributed by atoms with Gasteiger partial charge in [0.2, 0.25) is 11.7 Å². The van der Waals surface area contributed by atoms with Gasteiger partial charge in [-0.15, -0.1) is 0 Å². The number of anilines is 1. The van der Waals surface area contributed by atoms with Crippen LogP contribution in [0, 0.1) is 12.7 Å². The van der Waals surface area contributed by atoms with Gasteiger partial charge < -0.3 is 14.5 Å². The Hall–Kier alpha value is -4.76. The molecule has 2 aromatic carbocycles. The zero-order valence-corrected chi connectivity index (χ0v) is 26.8. The van der Waals surface area contributed by atoms with Gasteiger partial charge in [0.05, 0.1) is 23.1 Å². The normalized spacial score (nSPS) is 17.6. The van der Waals surface area contributed by atoms with Crippen molar-refractivity contribution in [1.82, 2.24) is 19.4 Å². The van der Waals surface area contributed by atoms with E-state index in [9.17, 15) is 9.59 Å². The molecule has 1 fully saturated rings. The molecule has 3 aromatic heterocycles. The van der Waals surface area contributed by atoms with Crippen molar-refractivity contribution in [2.75, 3.05) is 24.6 Å². The Bertz CT molecular complexity index is 2140. The van der Waals surface area contributed by atoms with Crippen molar-refractivity contribution in [3.8, 4) is 22.7 Å². The molecule has 0 bridgehead atoms. The minimum absolute atomic E-state index is 0.0219. The number of ether oxygens (including phenoxy) is 1. The molecule has 0 spiro atoms. The molecule has 2 aliphatic heterocycles. The summed E-state index contributed by atoms with van der Waals surface area (Å²) in [5, 5.41) is 2.42. The molecule has 5 aromatic rings. The fourth-order valence-corrected chi connectivity index (χ4v) is 7.18. The number of amides is 1. The summed E-state index contributed by atoms with van der Waals surface area (Å²) >= 11 is 6.67. The predicted molar refractivity (Wildman–Crippen MR) is 180 cm³/mol. The van der Waals surface area contributed by atoms with Crippen molar-refractivity contribution < 1.29 is 13.9 Å². The minimum Gasteiger partial charge on any atom is -0.484 e. The quantitative estimate of drug-likeness (QED) is 0.202. The first-order chi connectivity index (χ1) is 22.1. The third-order valence-electron chi connectivity index (χ3n) is 9.08. The first-order valence-corrected chi connectivity index (χ1v) is 15.7. The van der Waals surface area contributed by atoms with E-state index in [0.29, 0.717) is 51.5 Å². The number of aryl methyl sites for hydroxylation is 1. The lowest BCUT2D eigenvalue weighted by molar-refractivity contribution is -0.129. The maximum Gasteiger partial charge on any atom is 0.301 e. The van der Waals surface area contributed by atoms with Crippen LogP contribution < -0.4 is 15.2 Å². The molecule has 1 amide bonds. The lowest BCUT2D eigenvalue weighted by atomic mass is 9.99. The maximum atomic E-state index is 16.5. The zero-order chi connectivity index (χ0) is 32.4. The second-order valence-electron chi connectivity index (χ2n) is 12.3. The van der Waals surface area contributed by atoms with Crippen LogP contribution in [0.2, 0.25) is 5.02 Å². The predicted octanol–water partition coefficient (Wildman–Crippen LogP) is 6.81. The monoisotopic (exact) mass is 637 g/mol. The first kappa shape index (κ1) is 29.9. The standard InChI is InChI=1S/C36H33ClFN5O3/c1-6-28(44)41-17-23-18-46-34-33(42(23)16-21(41)5)25-15-27(38)31(24-11-7-9-22-10-8-12-26(37)29(22)24)40-35(25)43(36(34)45)32-20(4)13-14-39-30(32)19(2)3/h6-15,19,21,23H,1,16-18H2,2-5H3. The summed E-state index contributed by atoms with van der Waals surface area (Å²) < 4.78 is 24.3. The van der Waals surface area contributed by atoms with E-state index < -0.39 is 11.4 Å². The molecule has 0 aliphatic carbocycles. The Balaban J connectivity index is 1.57. The smallest absolute Gasteiger partial charge is 0.301 e. The molecular formula is C36H33ClFN5O3. The lowest BCUT2D eigenvalue weighted by Crippen LogP contribution is -2.62. The zero-order valence-electron chi connectivity index (χ0n) is 26.1. The van der Waals surface area contributed by atoms with Gasteiger partial charge in [0.25, 0.3) is 0 Å². The fourth-order valence-electron chi connectivity index (χ4n) is 6.89. The number of carbonyl (C=O) groups excluding carboxylic acids is 1. The van der Waals surface area contributed by atoms with Gasteiger partial charge in [0.15, 0.2) is 5.65 Å². The number of aromatic nitrogens is 3. The summed E-state index contributed by atoms with van der Waals surface area (Å²) in [5.74, 6) is -0.626. The van der Waals surface area contributed by atoms with Gasteiger partial charge in [-0.1, -0.05) is 62.4 Å². The van der Waals surface area contributed by atoms with E-state index in [2.05, 4.69) is 16.5 Å². The molecule has 2 atom stereocenters. The molecule has 0 radical (unpaired) electrons. The summed E-state index contributed by atoms with van der Waals surface area (Å²) in [6, 6.07) is 13.9. The fraction of sp³-hybridized carbons (Fsp3) is 0.278. The second-order valence-corrected chi connectivity index (χ2v) is 12.7. The molecule has 7 rings (SSSR count). The van der Waals surface area contributed by atoms with Crippen LogP contribution in [0.5, 0.6) is 5.75 Å². The van der Waals surface area contributed by atoms with E-state index in [4.69, 9.17) is 21.3 Å². The first-order valence-electron chi connectivity index (χ1n) is 15.4. The van der Waals surface area contributed by atoms with Crippen LogP contribution in [0.25, 0.3) is 38.8 Å². The number of hydrogen-bond acceptors (Lipinski definition) is 6. The molecular weight excluding hydrogens is 605 g/mol. The Morgan fingerprint density at radius 3 is 2.65 bits per heavy atom. The number of carbonyl (C=O) groups is 1.